The highest BCUT2D eigenvalue weighted by Gasteiger charge is 2.34. The quantitative estimate of drug-likeness (QED) is 0.739. The lowest BCUT2D eigenvalue weighted by atomic mass is 9.84. The number of methoxy groups -OCH3 is 1. The maximum Gasteiger partial charge on any atom is 0.416 e. The van der Waals surface area contributed by atoms with Crippen LogP contribution in [-0.4, -0.2) is 64.7 Å². The van der Waals surface area contributed by atoms with Gasteiger partial charge >= 0.3 is 6.18 Å². The third kappa shape index (κ3) is 4.24. The number of alkyl halides is 3. The molecule has 0 unspecified atom stereocenters. The molecular formula is C21H23F3N4O3. The van der Waals surface area contributed by atoms with Crippen molar-refractivity contribution < 1.29 is 27.5 Å². The third-order valence-corrected chi connectivity index (χ3v) is 5.87. The molecule has 1 aromatic heterocycles. The van der Waals surface area contributed by atoms with Gasteiger partial charge in [-0.2, -0.15) is 18.3 Å². The molecule has 2 amide bonds. The predicted molar refractivity (Wildman–Crippen MR) is 105 cm³/mol. The second-order valence-corrected chi connectivity index (χ2v) is 7.78. The first-order chi connectivity index (χ1) is 14.8. The Kier molecular flexibility index (Phi) is 5.63. The number of hydrogen-bond donors (Lipinski definition) is 0. The molecule has 0 N–H and O–H groups in total. The Balaban J connectivity index is 1.49. The number of amides is 2. The number of carbonyl (C=O) groups is 2. The summed E-state index contributed by atoms with van der Waals surface area (Å²) in [4.78, 5) is 28.8. The number of rotatable bonds is 4. The van der Waals surface area contributed by atoms with Crippen molar-refractivity contribution in [1.29, 1.82) is 0 Å². The molecule has 0 radical (unpaired) electrons. The molecule has 1 saturated heterocycles. The zero-order chi connectivity index (χ0) is 22.2. The van der Waals surface area contributed by atoms with Gasteiger partial charge in [-0.1, -0.05) is 12.5 Å². The minimum Gasteiger partial charge on any atom is -0.493 e. The van der Waals surface area contributed by atoms with Crippen LogP contribution in [0.4, 0.5) is 13.2 Å². The van der Waals surface area contributed by atoms with E-state index in [0.29, 0.717) is 26.2 Å². The van der Waals surface area contributed by atoms with Gasteiger partial charge in [0, 0.05) is 32.1 Å². The summed E-state index contributed by atoms with van der Waals surface area (Å²) in [6.45, 7) is 1.66. The molecule has 2 heterocycles. The summed E-state index contributed by atoms with van der Waals surface area (Å²) >= 11 is 0. The van der Waals surface area contributed by atoms with Crippen LogP contribution in [0.25, 0.3) is 5.69 Å². The minimum atomic E-state index is -4.48. The Morgan fingerprint density at radius 1 is 1.10 bits per heavy atom. The Hall–Kier alpha value is -3.04. The van der Waals surface area contributed by atoms with Gasteiger partial charge in [-0.3, -0.25) is 9.59 Å². The predicted octanol–water partition coefficient (Wildman–Crippen LogP) is 2.98. The van der Waals surface area contributed by atoms with Crippen LogP contribution in [0.15, 0.2) is 30.5 Å². The van der Waals surface area contributed by atoms with Crippen molar-refractivity contribution in [3.05, 3.63) is 41.7 Å². The van der Waals surface area contributed by atoms with Gasteiger partial charge in [0.05, 0.1) is 24.6 Å². The van der Waals surface area contributed by atoms with Gasteiger partial charge in [0.2, 0.25) is 5.91 Å². The van der Waals surface area contributed by atoms with E-state index in [4.69, 9.17) is 4.74 Å². The number of hydrogen-bond acceptors (Lipinski definition) is 4. The lowest BCUT2D eigenvalue weighted by molar-refractivity contribution is -0.139. The van der Waals surface area contributed by atoms with E-state index in [1.807, 2.05) is 0 Å². The number of carbonyl (C=O) groups excluding carboxylic acids is 2. The van der Waals surface area contributed by atoms with Crippen molar-refractivity contribution in [2.75, 3.05) is 33.3 Å². The molecule has 1 saturated carbocycles. The molecule has 1 aromatic carbocycles. The van der Waals surface area contributed by atoms with Crippen molar-refractivity contribution in [1.82, 2.24) is 19.6 Å². The summed E-state index contributed by atoms with van der Waals surface area (Å²) in [5.41, 5.74) is -0.610. The van der Waals surface area contributed by atoms with Crippen LogP contribution in [0, 0.1) is 5.92 Å². The highest BCUT2D eigenvalue weighted by molar-refractivity contribution is 5.95. The van der Waals surface area contributed by atoms with Crippen LogP contribution >= 0.6 is 0 Å². The van der Waals surface area contributed by atoms with Crippen LogP contribution in [0.5, 0.6) is 5.75 Å². The standard InChI is InChI=1S/C21H23F3N4O3/c1-31-17-13-28(16-7-3-6-15(12-16)21(22,23)24)25-18(17)20(30)27-10-8-26(9-11-27)19(29)14-4-2-5-14/h3,6-7,12-14H,2,4-5,8-11H2,1H3. The molecule has 0 atom stereocenters. The van der Waals surface area contributed by atoms with Crippen LogP contribution in [0.3, 0.4) is 0 Å². The third-order valence-electron chi connectivity index (χ3n) is 5.87. The van der Waals surface area contributed by atoms with E-state index in [-0.39, 0.29) is 34.9 Å². The molecule has 31 heavy (non-hydrogen) atoms. The second-order valence-electron chi connectivity index (χ2n) is 7.78. The largest absolute Gasteiger partial charge is 0.493 e. The Bertz CT molecular complexity index is 976. The molecule has 0 spiro atoms. The summed E-state index contributed by atoms with van der Waals surface area (Å²) in [6, 6.07) is 4.69. The summed E-state index contributed by atoms with van der Waals surface area (Å²) in [5.74, 6) is 0.0731. The fourth-order valence-corrected chi connectivity index (χ4v) is 3.81. The zero-order valence-electron chi connectivity index (χ0n) is 17.1. The minimum absolute atomic E-state index is 0.0266. The first kappa shape index (κ1) is 21.2. The van der Waals surface area contributed by atoms with Gasteiger partial charge in [-0.05, 0) is 31.0 Å². The lowest BCUT2D eigenvalue weighted by Crippen LogP contribution is -2.52. The monoisotopic (exact) mass is 436 g/mol. The average molecular weight is 436 g/mol. The van der Waals surface area contributed by atoms with Crippen molar-refractivity contribution in [2.45, 2.75) is 25.4 Å². The highest BCUT2D eigenvalue weighted by atomic mass is 19.4. The fraction of sp³-hybridized carbons (Fsp3) is 0.476. The molecule has 1 aliphatic carbocycles. The molecule has 2 aliphatic rings. The molecule has 7 nitrogen and oxygen atoms in total. The second kappa shape index (κ2) is 8.24. The average Bonchev–Trinajstić information content (AvgIpc) is 3.16. The van der Waals surface area contributed by atoms with Gasteiger partial charge in [0.15, 0.2) is 11.4 Å². The topological polar surface area (TPSA) is 67.7 Å². The molecule has 2 fully saturated rings. The molecule has 2 aromatic rings. The first-order valence-corrected chi connectivity index (χ1v) is 10.2. The molecule has 0 bridgehead atoms. The van der Waals surface area contributed by atoms with E-state index in [0.717, 1.165) is 31.4 Å². The Morgan fingerprint density at radius 2 is 1.77 bits per heavy atom. The van der Waals surface area contributed by atoms with Gasteiger partial charge in [-0.25, -0.2) is 4.68 Å². The van der Waals surface area contributed by atoms with E-state index in [1.54, 1.807) is 9.80 Å². The maximum absolute atomic E-state index is 13.0. The van der Waals surface area contributed by atoms with Gasteiger partial charge in [0.25, 0.3) is 5.91 Å². The number of benzene rings is 1. The van der Waals surface area contributed by atoms with Crippen molar-refractivity contribution in [3.63, 3.8) is 0 Å². The Morgan fingerprint density at radius 3 is 2.35 bits per heavy atom. The van der Waals surface area contributed by atoms with E-state index >= 15 is 0 Å². The van der Waals surface area contributed by atoms with E-state index in [9.17, 15) is 22.8 Å². The van der Waals surface area contributed by atoms with Crippen LogP contribution in [-0.2, 0) is 11.0 Å². The maximum atomic E-state index is 13.0. The van der Waals surface area contributed by atoms with Gasteiger partial charge < -0.3 is 14.5 Å². The lowest BCUT2D eigenvalue weighted by Gasteiger charge is -2.38. The summed E-state index contributed by atoms with van der Waals surface area (Å²) in [6.07, 6.45) is -0.144. The van der Waals surface area contributed by atoms with E-state index < -0.39 is 11.7 Å². The number of aromatic nitrogens is 2. The van der Waals surface area contributed by atoms with Crippen molar-refractivity contribution >= 4 is 11.8 Å². The summed E-state index contributed by atoms with van der Waals surface area (Å²) < 4.78 is 45.5. The molecule has 4 rings (SSSR count). The van der Waals surface area contributed by atoms with Crippen molar-refractivity contribution in [3.8, 4) is 11.4 Å². The first-order valence-electron chi connectivity index (χ1n) is 10.2. The normalized spacial score (nSPS) is 17.4. The van der Waals surface area contributed by atoms with Crippen LogP contribution in [0.1, 0.15) is 35.3 Å². The summed E-state index contributed by atoms with van der Waals surface area (Å²) in [7, 11) is 1.37. The smallest absolute Gasteiger partial charge is 0.416 e. The van der Waals surface area contributed by atoms with Crippen LogP contribution in [0.2, 0.25) is 0 Å². The van der Waals surface area contributed by atoms with E-state index in [1.165, 1.54) is 30.1 Å². The number of piperazine rings is 1. The molecule has 166 valence electrons. The molecular weight excluding hydrogens is 413 g/mol. The molecule has 1 aliphatic heterocycles. The van der Waals surface area contributed by atoms with Gasteiger partial charge in [0.1, 0.15) is 0 Å². The summed E-state index contributed by atoms with van der Waals surface area (Å²) in [5, 5.41) is 4.21. The molecule has 10 heteroatoms. The SMILES string of the molecule is COc1cn(-c2cccc(C(F)(F)F)c2)nc1C(=O)N1CCN(C(=O)C2CCC2)CC1. The van der Waals surface area contributed by atoms with Crippen molar-refractivity contribution in [2.24, 2.45) is 5.92 Å². The van der Waals surface area contributed by atoms with Crippen LogP contribution < -0.4 is 4.74 Å². The zero-order valence-corrected chi connectivity index (χ0v) is 17.1. The number of nitrogens with zero attached hydrogens (tertiary/aromatic N) is 4. The Labute approximate surface area is 177 Å². The fourth-order valence-electron chi connectivity index (χ4n) is 3.81. The number of ether oxygens (including phenoxy) is 1. The van der Waals surface area contributed by atoms with E-state index in [2.05, 4.69) is 5.10 Å². The number of halogens is 3. The highest BCUT2D eigenvalue weighted by Crippen LogP contribution is 2.31. The van der Waals surface area contributed by atoms with Gasteiger partial charge in [-0.15, -0.1) is 0 Å².